The topological polar surface area (TPSA) is 21.3 Å². The summed E-state index contributed by atoms with van der Waals surface area (Å²) in [6.45, 7) is 2.40. The molecule has 1 heterocycles. The Kier molecular flexibility index (Phi) is 4.69. The molecule has 0 aromatic carbocycles. The summed E-state index contributed by atoms with van der Waals surface area (Å²) in [5.41, 5.74) is 0. The largest absolute Gasteiger partial charge is 0.426 e. The number of nitrogens with one attached hydrogen (secondary N) is 1. The quantitative estimate of drug-likeness (QED) is 0.726. The Labute approximate surface area is 91.2 Å². The number of rotatable bonds is 3. The molecule has 4 heteroatoms. The molecule has 0 radical (unpaired) electrons. The molecule has 2 fully saturated rings. The van der Waals surface area contributed by atoms with Crippen LogP contribution < -0.4 is 4.98 Å². The minimum Gasteiger partial charge on any atom is -0.426 e. The highest BCUT2D eigenvalue weighted by molar-refractivity contribution is 7.08. The van der Waals surface area contributed by atoms with Crippen molar-refractivity contribution in [2.75, 3.05) is 13.2 Å². The molecule has 2 rings (SSSR count). The SMILES string of the molecule is C1CCC(CN[SiH]2CCCO[SiH2]2)CC1. The normalized spacial score (nSPS) is 32.1. The smallest absolute Gasteiger partial charge is 0.164 e. The molecule has 0 spiro atoms. The lowest BCUT2D eigenvalue weighted by atomic mass is 9.90. The van der Waals surface area contributed by atoms with Gasteiger partial charge in [-0.1, -0.05) is 19.3 Å². The van der Waals surface area contributed by atoms with E-state index in [-0.39, 0.29) is 9.28 Å². The van der Waals surface area contributed by atoms with E-state index in [2.05, 4.69) is 4.98 Å². The first-order valence-corrected chi connectivity index (χ1v) is 11.5. The molecule has 82 valence electrons. The van der Waals surface area contributed by atoms with Gasteiger partial charge in [0.1, 0.15) is 8.48 Å². The van der Waals surface area contributed by atoms with Gasteiger partial charge in [0.25, 0.3) is 0 Å². The fourth-order valence-electron chi connectivity index (χ4n) is 2.63. The summed E-state index contributed by atoms with van der Waals surface area (Å²) in [7, 11) is -0.627. The standard InChI is InChI=1S/C10H23NOSi2/c1-2-5-10(6-3-1)9-11-14-8-4-7-12-13-14/h10-11,14H,1-9,13H2. The van der Waals surface area contributed by atoms with Crippen LogP contribution in [0.1, 0.15) is 38.5 Å². The second-order valence-electron chi connectivity index (χ2n) is 4.83. The molecule has 1 unspecified atom stereocenters. The number of hydrogen-bond acceptors (Lipinski definition) is 2. The van der Waals surface area contributed by atoms with Crippen molar-refractivity contribution in [1.29, 1.82) is 0 Å². The van der Waals surface area contributed by atoms with Crippen LogP contribution in [0.3, 0.4) is 0 Å². The third-order valence-electron chi connectivity index (χ3n) is 3.58. The number of hydrogen-bond donors (Lipinski definition) is 1. The van der Waals surface area contributed by atoms with Crippen LogP contribution >= 0.6 is 0 Å². The molecule has 1 saturated heterocycles. The summed E-state index contributed by atoms with van der Waals surface area (Å²) < 4.78 is 5.66. The van der Waals surface area contributed by atoms with Crippen LogP contribution in [0.4, 0.5) is 0 Å². The van der Waals surface area contributed by atoms with Crippen molar-refractivity contribution in [2.45, 2.75) is 44.6 Å². The van der Waals surface area contributed by atoms with Crippen LogP contribution in [0, 0.1) is 5.92 Å². The Morgan fingerprint density at radius 3 is 2.79 bits per heavy atom. The predicted molar refractivity (Wildman–Crippen MR) is 65.6 cm³/mol. The van der Waals surface area contributed by atoms with E-state index >= 15 is 0 Å². The van der Waals surface area contributed by atoms with Gasteiger partial charge in [0, 0.05) is 6.61 Å². The first-order chi connectivity index (χ1) is 6.95. The highest BCUT2D eigenvalue weighted by Crippen LogP contribution is 2.22. The monoisotopic (exact) mass is 229 g/mol. The van der Waals surface area contributed by atoms with Crippen LogP contribution in [0.5, 0.6) is 0 Å². The molecule has 1 N–H and O–H groups in total. The zero-order valence-corrected chi connectivity index (χ0v) is 11.7. The fraction of sp³-hybridized carbons (Fsp3) is 1.00. The molecule has 1 aliphatic heterocycles. The van der Waals surface area contributed by atoms with Crippen LogP contribution in [0.2, 0.25) is 6.04 Å². The fourth-order valence-corrected chi connectivity index (χ4v) is 8.67. The molecule has 2 nitrogen and oxygen atoms in total. The van der Waals surface area contributed by atoms with Gasteiger partial charge >= 0.3 is 0 Å². The predicted octanol–water partition coefficient (Wildman–Crippen LogP) is 0.881. The maximum absolute atomic E-state index is 5.66. The molecular formula is C10H23NOSi2. The Morgan fingerprint density at radius 1 is 1.21 bits per heavy atom. The molecule has 0 aromatic rings. The third-order valence-corrected chi connectivity index (χ3v) is 10.4. The summed E-state index contributed by atoms with van der Waals surface area (Å²) in [6.07, 6.45) is 8.74. The van der Waals surface area contributed by atoms with Gasteiger partial charge in [-0.05, 0) is 37.8 Å². The van der Waals surface area contributed by atoms with Crippen molar-refractivity contribution in [3.8, 4) is 0 Å². The highest BCUT2D eigenvalue weighted by Gasteiger charge is 2.19. The van der Waals surface area contributed by atoms with E-state index in [9.17, 15) is 0 Å². The van der Waals surface area contributed by atoms with Gasteiger partial charge in [0.2, 0.25) is 0 Å². The average Bonchev–Trinajstić information content (AvgIpc) is 2.29. The van der Waals surface area contributed by atoms with Crippen molar-refractivity contribution in [3.05, 3.63) is 0 Å². The van der Waals surface area contributed by atoms with E-state index in [4.69, 9.17) is 4.43 Å². The third kappa shape index (κ3) is 3.49. The van der Waals surface area contributed by atoms with Crippen molar-refractivity contribution >= 4 is 17.8 Å². The zero-order chi connectivity index (χ0) is 9.64. The van der Waals surface area contributed by atoms with Crippen LogP contribution in [-0.2, 0) is 4.43 Å². The van der Waals surface area contributed by atoms with Gasteiger partial charge in [-0.3, -0.25) is 0 Å². The maximum Gasteiger partial charge on any atom is 0.164 e. The second-order valence-corrected chi connectivity index (χ2v) is 11.9. The summed E-state index contributed by atoms with van der Waals surface area (Å²) in [5.74, 6) is 1.01. The van der Waals surface area contributed by atoms with Crippen molar-refractivity contribution < 1.29 is 4.43 Å². The van der Waals surface area contributed by atoms with Crippen molar-refractivity contribution in [3.63, 3.8) is 0 Å². The lowest BCUT2D eigenvalue weighted by Gasteiger charge is -2.26. The molecule has 2 aliphatic rings. The van der Waals surface area contributed by atoms with E-state index < -0.39 is 8.48 Å². The van der Waals surface area contributed by atoms with Gasteiger partial charge in [-0.25, -0.2) is 0 Å². The summed E-state index contributed by atoms with van der Waals surface area (Å²) in [5, 5.41) is 0. The first kappa shape index (κ1) is 10.9. The van der Waals surface area contributed by atoms with E-state index in [1.165, 1.54) is 51.1 Å². The van der Waals surface area contributed by atoms with Crippen LogP contribution in [0.25, 0.3) is 0 Å². The molecular weight excluding hydrogens is 206 g/mol. The first-order valence-electron chi connectivity index (χ1n) is 6.26. The lowest BCUT2D eigenvalue weighted by molar-refractivity contribution is 0.331. The minimum absolute atomic E-state index is 0.0963. The molecule has 0 bridgehead atoms. The lowest BCUT2D eigenvalue weighted by Crippen LogP contribution is -2.46. The van der Waals surface area contributed by atoms with Gasteiger partial charge in [-0.2, -0.15) is 0 Å². The van der Waals surface area contributed by atoms with E-state index in [1.807, 2.05) is 0 Å². The molecule has 0 amide bonds. The Bertz CT molecular complexity index is 138. The minimum atomic E-state index is -0.530. The summed E-state index contributed by atoms with van der Waals surface area (Å²) in [4.78, 5) is 3.87. The summed E-state index contributed by atoms with van der Waals surface area (Å²) in [6, 6.07) is 1.51. The maximum atomic E-state index is 5.66. The highest BCUT2D eigenvalue weighted by atomic mass is 29.2. The van der Waals surface area contributed by atoms with Crippen LogP contribution in [-0.4, -0.2) is 30.9 Å². The van der Waals surface area contributed by atoms with Gasteiger partial charge in [0.15, 0.2) is 9.28 Å². The van der Waals surface area contributed by atoms with E-state index in [0.717, 1.165) is 12.5 Å². The van der Waals surface area contributed by atoms with Gasteiger partial charge < -0.3 is 9.41 Å². The second kappa shape index (κ2) is 6.05. The van der Waals surface area contributed by atoms with Crippen molar-refractivity contribution in [2.24, 2.45) is 5.92 Å². The van der Waals surface area contributed by atoms with E-state index in [0.29, 0.717) is 0 Å². The van der Waals surface area contributed by atoms with E-state index in [1.54, 1.807) is 0 Å². The van der Waals surface area contributed by atoms with Gasteiger partial charge in [0.05, 0.1) is 0 Å². The molecule has 1 atom stereocenters. The van der Waals surface area contributed by atoms with Crippen molar-refractivity contribution in [1.82, 2.24) is 4.98 Å². The average molecular weight is 229 g/mol. The Hall–Kier alpha value is 0.354. The molecule has 1 saturated carbocycles. The zero-order valence-electron chi connectivity index (χ0n) is 9.13. The molecule has 1 aliphatic carbocycles. The Morgan fingerprint density at radius 2 is 2.07 bits per heavy atom. The Balaban J connectivity index is 1.60. The molecule has 0 aromatic heterocycles. The van der Waals surface area contributed by atoms with Gasteiger partial charge in [-0.15, -0.1) is 0 Å². The van der Waals surface area contributed by atoms with Crippen LogP contribution in [0.15, 0.2) is 0 Å². The molecule has 14 heavy (non-hydrogen) atoms. The summed E-state index contributed by atoms with van der Waals surface area (Å²) >= 11 is 0.